The minimum Gasteiger partial charge on any atom is -0.289 e. The molecule has 0 fully saturated rings. The quantitative estimate of drug-likeness (QED) is 0.390. The number of hydrogen-bond donors (Lipinski definition) is 0. The van der Waals surface area contributed by atoms with Gasteiger partial charge in [0.1, 0.15) is 0 Å². The van der Waals surface area contributed by atoms with E-state index in [1.54, 1.807) is 10.1 Å². The zero-order chi connectivity index (χ0) is 16.8. The number of carbonyl (C=O) groups excluding carboxylic acids is 1. The summed E-state index contributed by atoms with van der Waals surface area (Å²) in [6.45, 7) is 2.09. The van der Waals surface area contributed by atoms with E-state index in [0.29, 0.717) is 10.7 Å². The van der Waals surface area contributed by atoms with Gasteiger partial charge in [-0.15, -0.1) is 5.10 Å². The van der Waals surface area contributed by atoms with E-state index in [2.05, 4.69) is 22.4 Å². The third kappa shape index (κ3) is 3.78. The minimum atomic E-state index is -0.0381. The van der Waals surface area contributed by atoms with E-state index in [9.17, 15) is 4.79 Å². The first-order chi connectivity index (χ1) is 11.8. The lowest BCUT2D eigenvalue weighted by Gasteiger charge is -2.01. The fourth-order valence-electron chi connectivity index (χ4n) is 2.14. The van der Waals surface area contributed by atoms with Crippen LogP contribution in [0.25, 0.3) is 5.69 Å². The Kier molecular flexibility index (Phi) is 5.18. The zero-order valence-corrected chi connectivity index (χ0v) is 14.0. The smallest absolute Gasteiger partial charge is 0.218 e. The highest BCUT2D eigenvalue weighted by atomic mass is 32.2. The van der Waals surface area contributed by atoms with Gasteiger partial charge < -0.3 is 0 Å². The predicted octanol–water partition coefficient (Wildman–Crippen LogP) is 3.71. The van der Waals surface area contributed by atoms with E-state index in [4.69, 9.17) is 0 Å². The average molecular weight is 336 g/mol. The summed E-state index contributed by atoms with van der Waals surface area (Å²) < 4.78 is 1.63. The number of carbonyl (C=O) groups is 1. The van der Waals surface area contributed by atoms with Gasteiger partial charge in [0.05, 0.1) is 5.69 Å². The van der Waals surface area contributed by atoms with Crippen molar-refractivity contribution in [3.63, 3.8) is 0 Å². The molecule has 0 spiro atoms. The van der Waals surface area contributed by atoms with Gasteiger partial charge in [-0.25, -0.2) is 0 Å². The average Bonchev–Trinajstić information content (AvgIpc) is 3.11. The number of aromatic nitrogens is 4. The topological polar surface area (TPSA) is 60.7 Å². The molecule has 0 radical (unpaired) electrons. The minimum absolute atomic E-state index is 0.0381. The molecule has 3 rings (SSSR count). The van der Waals surface area contributed by atoms with Gasteiger partial charge in [0.25, 0.3) is 0 Å². The lowest BCUT2D eigenvalue weighted by Crippen LogP contribution is -1.98. The molecule has 24 heavy (non-hydrogen) atoms. The van der Waals surface area contributed by atoms with Crippen molar-refractivity contribution in [2.75, 3.05) is 0 Å². The summed E-state index contributed by atoms with van der Waals surface area (Å²) in [7, 11) is 0. The number of rotatable bonds is 6. The van der Waals surface area contributed by atoms with E-state index in [-0.39, 0.29) is 5.78 Å². The molecule has 3 aromatic rings. The van der Waals surface area contributed by atoms with Gasteiger partial charge in [0, 0.05) is 5.56 Å². The van der Waals surface area contributed by atoms with Gasteiger partial charge in [0.15, 0.2) is 5.78 Å². The maximum absolute atomic E-state index is 12.2. The molecule has 1 aromatic heterocycles. The number of aryl methyl sites for hydroxylation is 1. The monoisotopic (exact) mass is 336 g/mol. The molecule has 0 amide bonds. The Morgan fingerprint density at radius 2 is 1.88 bits per heavy atom. The highest BCUT2D eigenvalue weighted by Crippen LogP contribution is 2.19. The lowest BCUT2D eigenvalue weighted by atomic mass is 10.1. The molecule has 0 saturated heterocycles. The van der Waals surface area contributed by atoms with Crippen molar-refractivity contribution >= 4 is 17.5 Å². The molecule has 2 aromatic carbocycles. The fraction of sp³-hybridized carbons (Fsp3) is 0.111. The van der Waals surface area contributed by atoms with Gasteiger partial charge in [-0.05, 0) is 46.0 Å². The third-order valence-corrected chi connectivity index (χ3v) is 4.22. The van der Waals surface area contributed by atoms with Crippen LogP contribution in [0.5, 0.6) is 0 Å². The number of hydrogen-bond acceptors (Lipinski definition) is 5. The predicted molar refractivity (Wildman–Crippen MR) is 94.3 cm³/mol. The number of tetrazole rings is 1. The Bertz CT molecular complexity index is 841. The van der Waals surface area contributed by atoms with Crippen molar-refractivity contribution in [3.05, 3.63) is 77.2 Å². The molecule has 0 aliphatic heterocycles. The van der Waals surface area contributed by atoms with Crippen LogP contribution in [0.15, 0.2) is 71.2 Å². The largest absolute Gasteiger partial charge is 0.289 e. The van der Waals surface area contributed by atoms with Crippen LogP contribution in [0.1, 0.15) is 22.8 Å². The molecular formula is C18H16N4OS. The standard InChI is InChI=1S/C18H16N4OS/c1-2-14-8-10-15(11-9-14)17(23)12-13-24-18-19-20-21-22(18)16-6-4-3-5-7-16/h3-13H,2H2,1H3/b13-12-. The summed E-state index contributed by atoms with van der Waals surface area (Å²) in [6.07, 6.45) is 2.50. The summed E-state index contributed by atoms with van der Waals surface area (Å²) in [4.78, 5) is 12.2. The van der Waals surface area contributed by atoms with Gasteiger partial charge >= 0.3 is 0 Å². The van der Waals surface area contributed by atoms with Crippen LogP contribution in [0, 0.1) is 0 Å². The van der Waals surface area contributed by atoms with Crippen LogP contribution >= 0.6 is 11.8 Å². The van der Waals surface area contributed by atoms with Gasteiger partial charge in [-0.1, -0.05) is 61.2 Å². The first-order valence-corrected chi connectivity index (χ1v) is 8.46. The normalized spacial score (nSPS) is 11.0. The van der Waals surface area contributed by atoms with Crippen LogP contribution < -0.4 is 0 Å². The highest BCUT2D eigenvalue weighted by Gasteiger charge is 2.07. The second kappa shape index (κ2) is 7.70. The Labute approximate surface area is 144 Å². The number of para-hydroxylation sites is 1. The first-order valence-electron chi connectivity index (χ1n) is 7.58. The second-order valence-electron chi connectivity index (χ2n) is 5.04. The zero-order valence-electron chi connectivity index (χ0n) is 13.2. The van der Waals surface area contributed by atoms with Crippen LogP contribution in [0.4, 0.5) is 0 Å². The van der Waals surface area contributed by atoms with E-state index >= 15 is 0 Å². The van der Waals surface area contributed by atoms with Crippen LogP contribution in [-0.4, -0.2) is 26.0 Å². The highest BCUT2D eigenvalue weighted by molar-refractivity contribution is 8.02. The van der Waals surface area contributed by atoms with E-state index < -0.39 is 0 Å². The maximum atomic E-state index is 12.2. The molecule has 6 heteroatoms. The van der Waals surface area contributed by atoms with Crippen molar-refractivity contribution in [1.29, 1.82) is 0 Å². The Balaban J connectivity index is 1.68. The van der Waals surface area contributed by atoms with Crippen LogP contribution in [-0.2, 0) is 6.42 Å². The Hall–Kier alpha value is -2.73. The molecular weight excluding hydrogens is 320 g/mol. The SMILES string of the molecule is CCc1ccc(C(=O)/C=C\Sc2nnnn2-c2ccccc2)cc1. The molecule has 0 aliphatic carbocycles. The van der Waals surface area contributed by atoms with Crippen molar-refractivity contribution in [2.24, 2.45) is 0 Å². The lowest BCUT2D eigenvalue weighted by molar-refractivity contribution is 0.104. The van der Waals surface area contributed by atoms with E-state index in [1.165, 1.54) is 23.4 Å². The summed E-state index contributed by atoms with van der Waals surface area (Å²) in [5.41, 5.74) is 2.76. The second-order valence-corrected chi connectivity index (χ2v) is 5.92. The molecule has 0 saturated carbocycles. The summed E-state index contributed by atoms with van der Waals surface area (Å²) in [6, 6.07) is 17.3. The van der Waals surface area contributed by atoms with E-state index in [1.807, 2.05) is 54.6 Å². The van der Waals surface area contributed by atoms with Crippen molar-refractivity contribution in [2.45, 2.75) is 18.5 Å². The molecule has 5 nitrogen and oxygen atoms in total. The third-order valence-electron chi connectivity index (χ3n) is 3.48. The maximum Gasteiger partial charge on any atom is 0.218 e. The number of nitrogens with zero attached hydrogens (tertiary/aromatic N) is 4. The number of ketones is 1. The summed E-state index contributed by atoms with van der Waals surface area (Å²) >= 11 is 1.30. The van der Waals surface area contributed by atoms with E-state index in [0.717, 1.165) is 12.1 Å². The number of allylic oxidation sites excluding steroid dienone is 1. The molecule has 0 bridgehead atoms. The van der Waals surface area contributed by atoms with Gasteiger partial charge in [-0.3, -0.25) is 4.79 Å². The molecule has 0 N–H and O–H groups in total. The molecule has 1 heterocycles. The molecule has 0 atom stereocenters. The molecule has 120 valence electrons. The van der Waals surface area contributed by atoms with Crippen molar-refractivity contribution in [1.82, 2.24) is 20.2 Å². The fourth-order valence-corrected chi connectivity index (χ4v) is 2.78. The van der Waals surface area contributed by atoms with Crippen molar-refractivity contribution < 1.29 is 4.79 Å². The molecule has 0 aliphatic rings. The van der Waals surface area contributed by atoms with Crippen LogP contribution in [0.3, 0.4) is 0 Å². The molecule has 0 unspecified atom stereocenters. The summed E-state index contributed by atoms with van der Waals surface area (Å²) in [5.74, 6) is -0.0381. The van der Waals surface area contributed by atoms with Crippen LogP contribution in [0.2, 0.25) is 0 Å². The van der Waals surface area contributed by atoms with Gasteiger partial charge in [-0.2, -0.15) is 4.68 Å². The number of thioether (sulfide) groups is 1. The first kappa shape index (κ1) is 16.1. The number of benzene rings is 2. The Morgan fingerprint density at radius 1 is 1.12 bits per heavy atom. The van der Waals surface area contributed by atoms with Gasteiger partial charge in [0.2, 0.25) is 5.16 Å². The Morgan fingerprint density at radius 3 is 2.58 bits per heavy atom. The summed E-state index contributed by atoms with van der Waals surface area (Å²) in [5, 5.41) is 14.0. The van der Waals surface area contributed by atoms with Crippen molar-refractivity contribution in [3.8, 4) is 5.69 Å².